The third-order valence-electron chi connectivity index (χ3n) is 8.99. The van der Waals surface area contributed by atoms with Gasteiger partial charge in [0.1, 0.15) is 18.1 Å². The van der Waals surface area contributed by atoms with E-state index in [1.54, 1.807) is 0 Å². The molecule has 2 fully saturated rings. The Balaban J connectivity index is 1.41. The number of nitrogens with one attached hydrogen (secondary N) is 1. The smallest absolute Gasteiger partial charge is 0.268 e. The molecule has 43 heavy (non-hydrogen) atoms. The lowest BCUT2D eigenvalue weighted by molar-refractivity contribution is 0.0932. The molecule has 226 valence electrons. The fraction of sp³-hybridized carbons (Fsp3) is 0.432. The lowest BCUT2D eigenvalue weighted by atomic mass is 9.83. The van der Waals surface area contributed by atoms with E-state index >= 15 is 0 Å². The van der Waals surface area contributed by atoms with Gasteiger partial charge in [0, 0.05) is 48.1 Å². The van der Waals surface area contributed by atoms with Crippen LogP contribution < -0.4 is 10.1 Å². The minimum absolute atomic E-state index is 0.00887. The Bertz CT molecular complexity index is 1480. The van der Waals surface area contributed by atoms with E-state index in [0.717, 1.165) is 66.2 Å². The van der Waals surface area contributed by atoms with Gasteiger partial charge in [-0.1, -0.05) is 60.7 Å². The van der Waals surface area contributed by atoms with Crippen molar-refractivity contribution in [3.8, 4) is 5.75 Å². The molecular weight excluding hydrogens is 532 g/mol. The van der Waals surface area contributed by atoms with E-state index in [4.69, 9.17) is 4.74 Å². The molecular formula is C37H46N4O2. The number of para-hydroxylation sites is 1. The molecule has 6 rings (SSSR count). The normalized spacial score (nSPS) is 16.7. The highest BCUT2D eigenvalue weighted by Crippen LogP contribution is 2.40. The SMILES string of the molecule is CC(C)NC(=O)c1c(C(c2ccccc2)c2ccc(OCCN3CCCC3)cc2)c2ccccc2n1CCN1CCCC1. The summed E-state index contributed by atoms with van der Waals surface area (Å²) in [7, 11) is 0. The van der Waals surface area contributed by atoms with E-state index in [1.165, 1.54) is 44.3 Å². The van der Waals surface area contributed by atoms with Crippen LogP contribution in [0.1, 0.15) is 72.6 Å². The summed E-state index contributed by atoms with van der Waals surface area (Å²) in [4.78, 5) is 19.1. The predicted octanol–water partition coefficient (Wildman–Crippen LogP) is 6.53. The standard InChI is InChI=1S/C37H46N4O2/c1-28(2)38-37(42)36-35(32-14-6-7-15-33(32)41(36)25-24-39-20-8-9-21-39)34(29-12-4-3-5-13-29)30-16-18-31(19-17-30)43-27-26-40-22-10-11-23-40/h3-7,12-19,28,34H,8-11,20-27H2,1-2H3,(H,38,42). The molecule has 1 unspecified atom stereocenters. The maximum Gasteiger partial charge on any atom is 0.268 e. The maximum atomic E-state index is 14.1. The number of nitrogens with zero attached hydrogens (tertiary/aromatic N) is 3. The summed E-state index contributed by atoms with van der Waals surface area (Å²) in [5.74, 6) is 0.775. The second kappa shape index (κ2) is 13.8. The number of hydrogen-bond acceptors (Lipinski definition) is 4. The van der Waals surface area contributed by atoms with Gasteiger partial charge >= 0.3 is 0 Å². The number of carbonyl (C=O) groups excluding carboxylic acids is 1. The van der Waals surface area contributed by atoms with Gasteiger partial charge in [0.05, 0.1) is 0 Å². The summed E-state index contributed by atoms with van der Waals surface area (Å²) in [5, 5.41) is 4.38. The summed E-state index contributed by atoms with van der Waals surface area (Å²) in [6.07, 6.45) is 5.10. The first-order chi connectivity index (χ1) is 21.1. The zero-order chi connectivity index (χ0) is 29.6. The Hall–Kier alpha value is -3.61. The van der Waals surface area contributed by atoms with Crippen LogP contribution in [-0.4, -0.2) is 72.2 Å². The van der Waals surface area contributed by atoms with E-state index < -0.39 is 0 Å². The number of carbonyl (C=O) groups is 1. The van der Waals surface area contributed by atoms with Crippen LogP contribution in [-0.2, 0) is 6.54 Å². The van der Waals surface area contributed by atoms with Gasteiger partial charge in [-0.15, -0.1) is 0 Å². The van der Waals surface area contributed by atoms with E-state index in [9.17, 15) is 4.79 Å². The Morgan fingerprint density at radius 3 is 2.02 bits per heavy atom. The van der Waals surface area contributed by atoms with Gasteiger partial charge in [-0.2, -0.15) is 0 Å². The summed E-state index contributed by atoms with van der Waals surface area (Å²) >= 11 is 0. The lowest BCUT2D eigenvalue weighted by Crippen LogP contribution is -2.34. The quantitative estimate of drug-likeness (QED) is 0.208. The van der Waals surface area contributed by atoms with Gasteiger partial charge in [0.2, 0.25) is 0 Å². The van der Waals surface area contributed by atoms with Crippen LogP contribution in [0.2, 0.25) is 0 Å². The minimum atomic E-state index is -0.106. The highest BCUT2D eigenvalue weighted by atomic mass is 16.5. The van der Waals surface area contributed by atoms with Crippen molar-refractivity contribution in [1.29, 1.82) is 0 Å². The van der Waals surface area contributed by atoms with Gasteiger partial charge in [0.25, 0.3) is 5.91 Å². The molecule has 2 aliphatic rings. The monoisotopic (exact) mass is 578 g/mol. The predicted molar refractivity (Wildman–Crippen MR) is 175 cm³/mol. The largest absolute Gasteiger partial charge is 0.492 e. The number of likely N-dealkylation sites (tertiary alicyclic amines) is 2. The van der Waals surface area contributed by atoms with Crippen LogP contribution in [0.15, 0.2) is 78.9 Å². The number of benzene rings is 3. The zero-order valence-electron chi connectivity index (χ0n) is 25.8. The Morgan fingerprint density at radius 2 is 1.35 bits per heavy atom. The van der Waals surface area contributed by atoms with Crippen molar-refractivity contribution in [2.24, 2.45) is 0 Å². The van der Waals surface area contributed by atoms with Crippen LogP contribution in [0.4, 0.5) is 0 Å². The molecule has 3 aromatic carbocycles. The number of aromatic nitrogens is 1. The number of amides is 1. The lowest BCUT2D eigenvalue weighted by Gasteiger charge is -2.22. The van der Waals surface area contributed by atoms with Crippen molar-refractivity contribution < 1.29 is 9.53 Å². The molecule has 0 radical (unpaired) electrons. The van der Waals surface area contributed by atoms with E-state index in [1.807, 2.05) is 13.8 Å². The molecule has 0 bridgehead atoms. The van der Waals surface area contributed by atoms with Crippen molar-refractivity contribution in [2.45, 2.75) is 58.0 Å². The Morgan fingerprint density at radius 1 is 0.744 bits per heavy atom. The molecule has 6 nitrogen and oxygen atoms in total. The number of hydrogen-bond donors (Lipinski definition) is 1. The molecule has 4 aromatic rings. The first-order valence-corrected chi connectivity index (χ1v) is 16.2. The molecule has 1 aromatic heterocycles. The first kappa shape index (κ1) is 29.5. The van der Waals surface area contributed by atoms with E-state index in [2.05, 4.69) is 98.5 Å². The Labute approximate surface area is 256 Å². The maximum absolute atomic E-state index is 14.1. The van der Waals surface area contributed by atoms with Crippen molar-refractivity contribution in [3.63, 3.8) is 0 Å². The van der Waals surface area contributed by atoms with Crippen molar-refractivity contribution in [1.82, 2.24) is 19.7 Å². The average Bonchev–Trinajstić information content (AvgIpc) is 3.79. The minimum Gasteiger partial charge on any atom is -0.492 e. The van der Waals surface area contributed by atoms with Gasteiger partial charge in [-0.3, -0.25) is 9.69 Å². The topological polar surface area (TPSA) is 49.7 Å². The summed E-state index contributed by atoms with van der Waals surface area (Å²) in [5.41, 5.74) is 5.29. The van der Waals surface area contributed by atoms with Gasteiger partial charge in [-0.25, -0.2) is 0 Å². The molecule has 3 heterocycles. The molecule has 0 spiro atoms. The molecule has 2 aliphatic heterocycles. The molecule has 1 N–H and O–H groups in total. The highest BCUT2D eigenvalue weighted by molar-refractivity contribution is 6.03. The van der Waals surface area contributed by atoms with Gasteiger partial charge in [0.15, 0.2) is 0 Å². The summed E-state index contributed by atoms with van der Waals surface area (Å²) in [6.45, 7) is 12.1. The van der Waals surface area contributed by atoms with Crippen LogP contribution in [0.5, 0.6) is 5.75 Å². The van der Waals surface area contributed by atoms with Gasteiger partial charge < -0.3 is 19.5 Å². The number of ether oxygens (including phenoxy) is 1. The van der Waals surface area contributed by atoms with Crippen LogP contribution in [0, 0.1) is 0 Å². The summed E-state index contributed by atoms with van der Waals surface area (Å²) in [6, 6.07) is 27.8. The Kier molecular flexibility index (Phi) is 9.45. The van der Waals surface area contributed by atoms with Crippen LogP contribution >= 0.6 is 0 Å². The number of rotatable bonds is 12. The van der Waals surface area contributed by atoms with Crippen molar-refractivity contribution in [2.75, 3.05) is 45.9 Å². The van der Waals surface area contributed by atoms with Gasteiger partial charge in [-0.05, 0) is 95.0 Å². The highest BCUT2D eigenvalue weighted by Gasteiger charge is 2.30. The van der Waals surface area contributed by atoms with Crippen LogP contribution in [0.3, 0.4) is 0 Å². The van der Waals surface area contributed by atoms with Crippen molar-refractivity contribution >= 4 is 16.8 Å². The second-order valence-corrected chi connectivity index (χ2v) is 12.4. The fourth-order valence-corrected chi connectivity index (χ4v) is 6.90. The molecule has 0 aliphatic carbocycles. The second-order valence-electron chi connectivity index (χ2n) is 12.4. The third kappa shape index (κ3) is 6.81. The van der Waals surface area contributed by atoms with Crippen molar-refractivity contribution in [3.05, 3.63) is 101 Å². The third-order valence-corrected chi connectivity index (χ3v) is 8.99. The molecule has 1 atom stereocenters. The van der Waals surface area contributed by atoms with Crippen LogP contribution in [0.25, 0.3) is 10.9 Å². The molecule has 1 amide bonds. The summed E-state index contributed by atoms with van der Waals surface area (Å²) < 4.78 is 8.44. The number of fused-ring (bicyclic) bond motifs is 1. The van der Waals surface area contributed by atoms with E-state index in [0.29, 0.717) is 6.61 Å². The molecule has 2 saturated heterocycles. The average molecular weight is 579 g/mol. The molecule has 6 heteroatoms. The molecule has 0 saturated carbocycles. The van der Waals surface area contributed by atoms with E-state index in [-0.39, 0.29) is 17.9 Å². The zero-order valence-corrected chi connectivity index (χ0v) is 25.8. The fourth-order valence-electron chi connectivity index (χ4n) is 6.90. The first-order valence-electron chi connectivity index (χ1n) is 16.2.